The van der Waals surface area contributed by atoms with E-state index in [2.05, 4.69) is 10.6 Å². The number of carbonyl (C=O) groups excluding carboxylic acids is 2. The highest BCUT2D eigenvalue weighted by atomic mass is 19.1. The highest BCUT2D eigenvalue weighted by molar-refractivity contribution is 6.31. The minimum absolute atomic E-state index is 0.221. The molecule has 2 amide bonds. The minimum Gasteiger partial charge on any atom is -0.504 e. The first-order valence-electron chi connectivity index (χ1n) is 9.13. The average Bonchev–Trinajstić information content (AvgIpc) is 2.72. The molecule has 3 aromatic carbocycles. The van der Waals surface area contributed by atoms with Crippen molar-refractivity contribution in [1.29, 1.82) is 0 Å². The monoisotopic (exact) mass is 404 g/mol. The lowest BCUT2D eigenvalue weighted by atomic mass is 9.91. The Labute approximate surface area is 171 Å². The number of hydrogen-bond donors (Lipinski definition) is 4. The Morgan fingerprint density at radius 3 is 2.43 bits per heavy atom. The second-order valence-corrected chi connectivity index (χ2v) is 6.82. The molecule has 7 heteroatoms. The Morgan fingerprint density at radius 2 is 1.67 bits per heavy atom. The molecule has 0 unspecified atom stereocenters. The van der Waals surface area contributed by atoms with Crippen LogP contribution in [0.1, 0.15) is 21.5 Å². The normalized spacial score (nSPS) is 14.4. The predicted molar refractivity (Wildman–Crippen MR) is 109 cm³/mol. The van der Waals surface area contributed by atoms with Gasteiger partial charge < -0.3 is 15.5 Å². The number of carbonyl (C=O) groups is 2. The number of rotatable bonds is 4. The Balaban J connectivity index is 1.67. The fourth-order valence-electron chi connectivity index (χ4n) is 3.27. The van der Waals surface area contributed by atoms with Gasteiger partial charge in [-0.15, -0.1) is 0 Å². The van der Waals surface area contributed by atoms with Gasteiger partial charge in [0.2, 0.25) is 0 Å². The number of nitrogens with one attached hydrogen (secondary N) is 2. The predicted octanol–water partition coefficient (Wildman–Crippen LogP) is 3.30. The molecule has 4 rings (SSSR count). The van der Waals surface area contributed by atoms with Gasteiger partial charge in [0.1, 0.15) is 5.82 Å². The average molecular weight is 404 g/mol. The molecule has 150 valence electrons. The van der Waals surface area contributed by atoms with E-state index in [4.69, 9.17) is 0 Å². The molecule has 0 bridgehead atoms. The van der Waals surface area contributed by atoms with Gasteiger partial charge in [-0.25, -0.2) is 4.39 Å². The third-order valence-electron chi connectivity index (χ3n) is 4.78. The minimum atomic E-state index is -0.551. The third kappa shape index (κ3) is 3.73. The van der Waals surface area contributed by atoms with Crippen molar-refractivity contribution in [3.8, 4) is 22.6 Å². The van der Waals surface area contributed by atoms with Crippen LogP contribution in [-0.2, 0) is 11.3 Å². The van der Waals surface area contributed by atoms with Crippen molar-refractivity contribution in [2.45, 2.75) is 6.54 Å². The van der Waals surface area contributed by atoms with Gasteiger partial charge in [-0.05, 0) is 53.1 Å². The molecule has 0 atom stereocenters. The Kier molecular flexibility index (Phi) is 4.93. The van der Waals surface area contributed by atoms with E-state index in [1.807, 2.05) is 0 Å². The van der Waals surface area contributed by atoms with Crippen LogP contribution < -0.4 is 10.6 Å². The van der Waals surface area contributed by atoms with Gasteiger partial charge in [0.05, 0.1) is 5.57 Å². The Bertz CT molecular complexity index is 1200. The molecule has 0 saturated heterocycles. The molecule has 4 N–H and O–H groups in total. The van der Waals surface area contributed by atoms with Crippen LogP contribution in [0.15, 0.2) is 66.9 Å². The summed E-state index contributed by atoms with van der Waals surface area (Å²) in [5, 5.41) is 24.3. The lowest BCUT2D eigenvalue weighted by Crippen LogP contribution is -2.37. The molecule has 0 fully saturated rings. The summed E-state index contributed by atoms with van der Waals surface area (Å²) >= 11 is 0. The number of amides is 2. The summed E-state index contributed by atoms with van der Waals surface area (Å²) in [6.07, 6.45) is 1.49. The van der Waals surface area contributed by atoms with Gasteiger partial charge in [-0.2, -0.15) is 0 Å². The molecule has 1 aliphatic heterocycles. The number of hydrogen-bond acceptors (Lipinski definition) is 5. The Morgan fingerprint density at radius 1 is 0.867 bits per heavy atom. The third-order valence-corrected chi connectivity index (χ3v) is 4.78. The largest absolute Gasteiger partial charge is 0.504 e. The number of benzene rings is 3. The maximum Gasteiger partial charge on any atom is 0.260 e. The van der Waals surface area contributed by atoms with Crippen LogP contribution in [0, 0.1) is 5.82 Å². The van der Waals surface area contributed by atoms with Gasteiger partial charge >= 0.3 is 0 Å². The highest BCUT2D eigenvalue weighted by Gasteiger charge is 2.27. The van der Waals surface area contributed by atoms with E-state index in [0.717, 1.165) is 0 Å². The summed E-state index contributed by atoms with van der Waals surface area (Å²) in [6, 6.07) is 15.4. The van der Waals surface area contributed by atoms with Crippen LogP contribution in [0.25, 0.3) is 16.7 Å². The smallest absolute Gasteiger partial charge is 0.260 e. The van der Waals surface area contributed by atoms with Crippen LogP contribution in [0.2, 0.25) is 0 Å². The van der Waals surface area contributed by atoms with Crippen molar-refractivity contribution in [3.05, 3.63) is 89.4 Å². The van der Waals surface area contributed by atoms with Crippen LogP contribution in [-0.4, -0.2) is 22.0 Å². The zero-order valence-corrected chi connectivity index (χ0v) is 15.6. The lowest BCUT2D eigenvalue weighted by Gasteiger charge is -2.19. The first-order chi connectivity index (χ1) is 14.4. The molecule has 1 heterocycles. The van der Waals surface area contributed by atoms with E-state index in [0.29, 0.717) is 27.8 Å². The molecule has 0 aromatic heterocycles. The fourth-order valence-corrected chi connectivity index (χ4v) is 3.27. The van der Waals surface area contributed by atoms with Crippen LogP contribution in [0.5, 0.6) is 11.5 Å². The number of fused-ring (bicyclic) bond motifs is 1. The quantitative estimate of drug-likeness (QED) is 0.304. The number of imide groups is 1. The lowest BCUT2D eigenvalue weighted by molar-refractivity contribution is -0.114. The van der Waals surface area contributed by atoms with Crippen molar-refractivity contribution in [2.75, 3.05) is 0 Å². The van der Waals surface area contributed by atoms with E-state index < -0.39 is 11.8 Å². The van der Waals surface area contributed by atoms with E-state index in [1.54, 1.807) is 36.4 Å². The zero-order valence-electron chi connectivity index (χ0n) is 15.6. The van der Waals surface area contributed by atoms with Crippen LogP contribution >= 0.6 is 0 Å². The molecule has 3 aromatic rings. The molecular formula is C23H17FN2O4. The molecule has 0 saturated carbocycles. The summed E-state index contributed by atoms with van der Waals surface area (Å²) in [4.78, 5) is 24.7. The second kappa shape index (κ2) is 7.71. The van der Waals surface area contributed by atoms with E-state index in [9.17, 15) is 24.2 Å². The maximum atomic E-state index is 13.6. The van der Waals surface area contributed by atoms with Crippen molar-refractivity contribution in [2.24, 2.45) is 0 Å². The maximum absolute atomic E-state index is 13.6. The molecule has 0 aliphatic carbocycles. The number of aromatic hydroxyl groups is 2. The first-order valence-corrected chi connectivity index (χ1v) is 9.13. The molecule has 0 radical (unpaired) electrons. The molecule has 30 heavy (non-hydrogen) atoms. The van der Waals surface area contributed by atoms with Crippen molar-refractivity contribution in [1.82, 2.24) is 10.6 Å². The van der Waals surface area contributed by atoms with Crippen molar-refractivity contribution < 1.29 is 24.2 Å². The summed E-state index contributed by atoms with van der Waals surface area (Å²) in [7, 11) is 0. The van der Waals surface area contributed by atoms with Gasteiger partial charge in [-0.3, -0.25) is 14.9 Å². The van der Waals surface area contributed by atoms with E-state index in [-0.39, 0.29) is 29.4 Å². The number of phenolic OH excluding ortho intramolecular Hbond substituents is 2. The van der Waals surface area contributed by atoms with Crippen LogP contribution in [0.3, 0.4) is 0 Å². The van der Waals surface area contributed by atoms with Gasteiger partial charge in [0.25, 0.3) is 11.8 Å². The van der Waals surface area contributed by atoms with Gasteiger partial charge in [-0.1, -0.05) is 24.3 Å². The molecule has 1 aliphatic rings. The van der Waals surface area contributed by atoms with Crippen molar-refractivity contribution >= 4 is 17.4 Å². The summed E-state index contributed by atoms with van der Waals surface area (Å²) in [5.41, 5.74) is 3.01. The van der Waals surface area contributed by atoms with Crippen molar-refractivity contribution in [3.63, 3.8) is 0 Å². The van der Waals surface area contributed by atoms with Crippen LogP contribution in [0.4, 0.5) is 4.39 Å². The van der Waals surface area contributed by atoms with E-state index >= 15 is 0 Å². The molecular weight excluding hydrogens is 387 g/mol. The summed E-state index contributed by atoms with van der Waals surface area (Å²) in [6.45, 7) is 0.275. The fraction of sp³-hybridized carbons (Fsp3) is 0.0435. The zero-order chi connectivity index (χ0) is 21.3. The Hall–Kier alpha value is -4.13. The van der Waals surface area contributed by atoms with Gasteiger partial charge in [0, 0.05) is 23.9 Å². The topological polar surface area (TPSA) is 98.7 Å². The molecule has 0 spiro atoms. The first kappa shape index (κ1) is 19.2. The SMILES string of the molecule is O=C1NC(=O)c2ccc(-c3cccc(F)c3)cc2C1=CNCc1ccc(O)c(O)c1. The summed E-state index contributed by atoms with van der Waals surface area (Å²) in [5.74, 6) is -1.89. The molecule has 6 nitrogen and oxygen atoms in total. The number of phenols is 2. The standard InChI is InChI=1S/C23H17FN2O4/c24-16-3-1-2-14(9-16)15-5-6-17-18(10-15)19(23(30)26-22(17)29)12-25-11-13-4-7-20(27)21(28)8-13/h1-10,12,25,27-28H,11H2,(H,26,29,30). The summed E-state index contributed by atoms with van der Waals surface area (Å²) < 4.78 is 13.6. The highest BCUT2D eigenvalue weighted by Crippen LogP contribution is 2.30. The van der Waals surface area contributed by atoms with Gasteiger partial charge in [0.15, 0.2) is 11.5 Å². The number of halogens is 1. The second-order valence-electron chi connectivity index (χ2n) is 6.82. The van der Waals surface area contributed by atoms with E-state index in [1.165, 1.54) is 30.5 Å².